The van der Waals surface area contributed by atoms with E-state index in [9.17, 15) is 4.79 Å². The minimum atomic E-state index is 0.0118. The van der Waals surface area contributed by atoms with E-state index in [1.54, 1.807) is 14.2 Å². The van der Waals surface area contributed by atoms with Crippen molar-refractivity contribution in [3.05, 3.63) is 21.1 Å². The van der Waals surface area contributed by atoms with Crippen LogP contribution in [0.25, 0.3) is 0 Å². The zero-order valence-corrected chi connectivity index (χ0v) is 12.8. The first-order valence-corrected chi connectivity index (χ1v) is 6.64. The van der Waals surface area contributed by atoms with Gasteiger partial charge in [-0.2, -0.15) is 0 Å². The van der Waals surface area contributed by atoms with Crippen molar-refractivity contribution in [1.29, 1.82) is 0 Å². The van der Waals surface area contributed by atoms with Crippen molar-refractivity contribution in [3.63, 3.8) is 0 Å². The third-order valence-corrected chi connectivity index (χ3v) is 3.46. The maximum Gasteiger partial charge on any atom is 0.221 e. The Bertz CT molecular complexity index is 411. The number of ether oxygens (including phenoxy) is 1. The molecule has 0 heterocycles. The highest BCUT2D eigenvalue weighted by Gasteiger charge is 2.07. The van der Waals surface area contributed by atoms with Crippen LogP contribution < -0.4 is 15.4 Å². The van der Waals surface area contributed by atoms with E-state index in [-0.39, 0.29) is 5.91 Å². The third kappa shape index (κ3) is 4.20. The number of nitrogens with one attached hydrogen (secondary N) is 2. The van der Waals surface area contributed by atoms with Gasteiger partial charge in [0.2, 0.25) is 5.91 Å². The van der Waals surface area contributed by atoms with Gasteiger partial charge in [-0.05, 0) is 37.9 Å². The Morgan fingerprint density at radius 3 is 2.65 bits per heavy atom. The lowest BCUT2D eigenvalue weighted by Crippen LogP contribution is -2.20. The van der Waals surface area contributed by atoms with Crippen molar-refractivity contribution in [2.45, 2.75) is 6.42 Å². The van der Waals surface area contributed by atoms with Crippen molar-refractivity contribution in [1.82, 2.24) is 5.32 Å². The Hall–Kier alpha value is -0.750. The summed E-state index contributed by atoms with van der Waals surface area (Å²) in [5.74, 6) is 0.758. The minimum Gasteiger partial charge on any atom is -0.495 e. The Morgan fingerprint density at radius 2 is 2.06 bits per heavy atom. The van der Waals surface area contributed by atoms with Gasteiger partial charge in [-0.15, -0.1) is 0 Å². The molecule has 0 saturated carbocycles. The van der Waals surface area contributed by atoms with Crippen LogP contribution in [0.1, 0.15) is 6.42 Å². The number of rotatable bonds is 5. The molecular formula is C11H14Br2N2O2. The highest BCUT2D eigenvalue weighted by molar-refractivity contribution is 9.11. The van der Waals surface area contributed by atoms with Crippen molar-refractivity contribution in [2.24, 2.45) is 0 Å². The van der Waals surface area contributed by atoms with Gasteiger partial charge < -0.3 is 15.4 Å². The van der Waals surface area contributed by atoms with Gasteiger partial charge in [0.15, 0.2) is 0 Å². The predicted molar refractivity (Wildman–Crippen MR) is 75.6 cm³/mol. The average molecular weight is 366 g/mol. The van der Waals surface area contributed by atoms with Gasteiger partial charge >= 0.3 is 0 Å². The molecule has 1 aromatic rings. The van der Waals surface area contributed by atoms with Gasteiger partial charge in [-0.1, -0.05) is 0 Å². The first-order chi connectivity index (χ1) is 8.08. The van der Waals surface area contributed by atoms with Gasteiger partial charge in [0, 0.05) is 30.6 Å². The highest BCUT2D eigenvalue weighted by Crippen LogP contribution is 2.34. The van der Waals surface area contributed by atoms with Gasteiger partial charge in [0.1, 0.15) is 5.75 Å². The number of amides is 1. The number of benzene rings is 1. The van der Waals surface area contributed by atoms with E-state index in [0.717, 1.165) is 20.4 Å². The Morgan fingerprint density at radius 1 is 1.35 bits per heavy atom. The summed E-state index contributed by atoms with van der Waals surface area (Å²) in [6, 6.07) is 3.78. The minimum absolute atomic E-state index is 0.0118. The Kier molecular flexibility index (Phi) is 5.77. The van der Waals surface area contributed by atoms with Crippen LogP contribution in [0, 0.1) is 0 Å². The molecule has 0 fully saturated rings. The number of carbonyl (C=O) groups is 1. The molecule has 1 aromatic carbocycles. The monoisotopic (exact) mass is 364 g/mol. The second kappa shape index (κ2) is 6.86. The summed E-state index contributed by atoms with van der Waals surface area (Å²) in [6.07, 6.45) is 0.432. The molecule has 1 amide bonds. The van der Waals surface area contributed by atoms with E-state index in [4.69, 9.17) is 4.74 Å². The summed E-state index contributed by atoms with van der Waals surface area (Å²) in [5, 5.41) is 5.75. The quantitative estimate of drug-likeness (QED) is 0.843. The predicted octanol–water partition coefficient (Wildman–Crippen LogP) is 2.77. The zero-order chi connectivity index (χ0) is 12.8. The molecule has 6 heteroatoms. The number of hydrogen-bond donors (Lipinski definition) is 2. The SMILES string of the molecule is CNC(=O)CCNc1cc(OC)c(Br)cc1Br. The number of hydrogen-bond acceptors (Lipinski definition) is 3. The first-order valence-electron chi connectivity index (χ1n) is 5.06. The smallest absolute Gasteiger partial charge is 0.221 e. The molecule has 0 radical (unpaired) electrons. The van der Waals surface area contributed by atoms with Crippen LogP contribution in [0.2, 0.25) is 0 Å². The van der Waals surface area contributed by atoms with Crippen molar-refractivity contribution in [2.75, 3.05) is 26.0 Å². The van der Waals surface area contributed by atoms with Crippen LogP contribution in [-0.4, -0.2) is 26.6 Å². The number of halogens is 2. The number of carbonyl (C=O) groups excluding carboxylic acids is 1. The molecular weight excluding hydrogens is 352 g/mol. The second-order valence-corrected chi connectivity index (χ2v) is 5.03. The molecule has 0 atom stereocenters. The average Bonchev–Trinajstić information content (AvgIpc) is 2.31. The zero-order valence-electron chi connectivity index (χ0n) is 9.64. The lowest BCUT2D eigenvalue weighted by Gasteiger charge is -2.11. The molecule has 0 aliphatic heterocycles. The molecule has 0 aromatic heterocycles. The molecule has 0 aliphatic rings. The highest BCUT2D eigenvalue weighted by atomic mass is 79.9. The van der Waals surface area contributed by atoms with Crippen molar-refractivity contribution >= 4 is 43.5 Å². The summed E-state index contributed by atoms with van der Waals surface area (Å²) in [7, 11) is 3.24. The lowest BCUT2D eigenvalue weighted by molar-refractivity contribution is -0.120. The molecule has 0 spiro atoms. The van der Waals surface area contributed by atoms with Gasteiger partial charge in [0.25, 0.3) is 0 Å². The van der Waals surface area contributed by atoms with Gasteiger partial charge in [-0.25, -0.2) is 0 Å². The van der Waals surface area contributed by atoms with E-state index in [1.807, 2.05) is 12.1 Å². The normalized spacial score (nSPS) is 9.88. The van der Waals surface area contributed by atoms with Crippen LogP contribution in [0.5, 0.6) is 5.75 Å². The Labute approximate surface area is 117 Å². The fourth-order valence-corrected chi connectivity index (χ4v) is 2.55. The Balaban J connectivity index is 2.67. The summed E-state index contributed by atoms with van der Waals surface area (Å²) in [5.41, 5.74) is 0.897. The lowest BCUT2D eigenvalue weighted by atomic mass is 10.3. The molecule has 17 heavy (non-hydrogen) atoms. The maximum absolute atomic E-state index is 11.1. The maximum atomic E-state index is 11.1. The topological polar surface area (TPSA) is 50.4 Å². The molecule has 0 unspecified atom stereocenters. The molecule has 94 valence electrons. The van der Waals surface area contributed by atoms with Crippen LogP contribution in [0.4, 0.5) is 5.69 Å². The van der Waals surface area contributed by atoms with E-state index >= 15 is 0 Å². The second-order valence-electron chi connectivity index (χ2n) is 3.32. The molecule has 1 rings (SSSR count). The van der Waals surface area contributed by atoms with E-state index in [0.29, 0.717) is 13.0 Å². The first kappa shape index (κ1) is 14.3. The largest absolute Gasteiger partial charge is 0.495 e. The van der Waals surface area contributed by atoms with E-state index in [1.165, 1.54) is 0 Å². The van der Waals surface area contributed by atoms with E-state index in [2.05, 4.69) is 42.5 Å². The molecule has 0 saturated heterocycles. The summed E-state index contributed by atoms with van der Waals surface area (Å²) < 4.78 is 7.00. The molecule has 4 nitrogen and oxygen atoms in total. The van der Waals surface area contributed by atoms with Crippen molar-refractivity contribution < 1.29 is 9.53 Å². The van der Waals surface area contributed by atoms with Crippen LogP contribution in [-0.2, 0) is 4.79 Å². The summed E-state index contributed by atoms with van der Waals surface area (Å²) in [6.45, 7) is 0.572. The van der Waals surface area contributed by atoms with Crippen LogP contribution in [0.15, 0.2) is 21.1 Å². The van der Waals surface area contributed by atoms with Crippen molar-refractivity contribution in [3.8, 4) is 5.75 Å². The van der Waals surface area contributed by atoms with E-state index < -0.39 is 0 Å². The van der Waals surface area contributed by atoms with Gasteiger partial charge in [-0.3, -0.25) is 4.79 Å². The molecule has 2 N–H and O–H groups in total. The number of methoxy groups -OCH3 is 1. The fraction of sp³-hybridized carbons (Fsp3) is 0.364. The standard InChI is InChI=1S/C11H14Br2N2O2/c1-14-11(16)3-4-15-9-6-10(17-2)8(13)5-7(9)12/h5-6,15H,3-4H2,1-2H3,(H,14,16). The van der Waals surface area contributed by atoms with Gasteiger partial charge in [0.05, 0.1) is 17.3 Å². The third-order valence-electron chi connectivity index (χ3n) is 2.19. The number of anilines is 1. The van der Waals surface area contributed by atoms with Crippen LogP contribution in [0.3, 0.4) is 0 Å². The summed E-state index contributed by atoms with van der Waals surface area (Å²) in [4.78, 5) is 11.1. The van der Waals surface area contributed by atoms with Crippen LogP contribution >= 0.6 is 31.9 Å². The fourth-order valence-electron chi connectivity index (χ4n) is 1.26. The molecule has 0 bridgehead atoms. The summed E-state index contributed by atoms with van der Waals surface area (Å²) >= 11 is 6.84. The molecule has 0 aliphatic carbocycles.